The van der Waals surface area contributed by atoms with Gasteiger partial charge in [0.25, 0.3) is 0 Å². The van der Waals surface area contributed by atoms with E-state index in [4.69, 9.17) is 15.2 Å². The lowest BCUT2D eigenvalue weighted by Crippen LogP contribution is -2.34. The molecule has 0 saturated heterocycles. The maximum absolute atomic E-state index is 11.3. The molecule has 0 spiro atoms. The molecule has 0 heterocycles. The van der Waals surface area contributed by atoms with Crippen LogP contribution in [0.15, 0.2) is 24.3 Å². The van der Waals surface area contributed by atoms with E-state index in [2.05, 4.69) is 0 Å². The van der Waals surface area contributed by atoms with Gasteiger partial charge in [-0.25, -0.2) is 0 Å². The van der Waals surface area contributed by atoms with Gasteiger partial charge in [0.1, 0.15) is 11.8 Å². The zero-order valence-electron chi connectivity index (χ0n) is 11.7. The van der Waals surface area contributed by atoms with E-state index in [9.17, 15) is 9.90 Å². The maximum atomic E-state index is 11.3. The first-order valence-electron chi connectivity index (χ1n) is 6.40. The molecule has 6 heteroatoms. The van der Waals surface area contributed by atoms with Crippen molar-refractivity contribution >= 4 is 17.7 Å². The fourth-order valence-electron chi connectivity index (χ4n) is 1.57. The highest BCUT2D eigenvalue weighted by atomic mass is 32.2. The van der Waals surface area contributed by atoms with Crippen LogP contribution in [-0.4, -0.2) is 42.3 Å². The summed E-state index contributed by atoms with van der Waals surface area (Å²) in [5.41, 5.74) is 6.46. The Morgan fingerprint density at radius 1 is 1.45 bits per heavy atom. The number of carbonyl (C=O) groups is 1. The van der Waals surface area contributed by atoms with Crippen LogP contribution < -0.4 is 10.5 Å². The molecule has 112 valence electrons. The van der Waals surface area contributed by atoms with Gasteiger partial charge in [0.2, 0.25) is 0 Å². The maximum Gasteiger partial charge on any atom is 0.323 e. The molecule has 1 aromatic rings. The van der Waals surface area contributed by atoms with Crippen LogP contribution in [0.1, 0.15) is 18.6 Å². The molecular formula is C14H21NO4S. The summed E-state index contributed by atoms with van der Waals surface area (Å²) in [6.45, 7) is 2.06. The number of nitrogens with two attached hydrogens (primary N) is 1. The van der Waals surface area contributed by atoms with Crippen molar-refractivity contribution in [2.75, 3.05) is 25.2 Å². The zero-order valence-corrected chi connectivity index (χ0v) is 12.6. The Balaban J connectivity index is 2.39. The average molecular weight is 299 g/mol. The number of hydrogen-bond donors (Lipinski definition) is 2. The number of rotatable bonds is 8. The lowest BCUT2D eigenvalue weighted by atomic mass is 10.1. The molecule has 1 rings (SSSR count). The van der Waals surface area contributed by atoms with E-state index in [1.807, 2.05) is 18.2 Å². The largest absolute Gasteiger partial charge is 0.497 e. The molecule has 0 radical (unpaired) electrons. The average Bonchev–Trinajstić information content (AvgIpc) is 2.47. The summed E-state index contributed by atoms with van der Waals surface area (Å²) in [7, 11) is 1.58. The predicted molar refractivity (Wildman–Crippen MR) is 79.9 cm³/mol. The van der Waals surface area contributed by atoms with Crippen molar-refractivity contribution in [3.8, 4) is 5.75 Å². The van der Waals surface area contributed by atoms with Gasteiger partial charge in [0.05, 0.1) is 19.8 Å². The Bertz CT molecular complexity index is 427. The highest BCUT2D eigenvalue weighted by Gasteiger charge is 2.16. The van der Waals surface area contributed by atoms with E-state index >= 15 is 0 Å². The predicted octanol–water partition coefficient (Wildman–Crippen LogP) is 1.35. The summed E-state index contributed by atoms with van der Waals surface area (Å²) in [5, 5.41) is 10.1. The minimum absolute atomic E-state index is 0.323. The lowest BCUT2D eigenvalue weighted by Gasteiger charge is -2.14. The van der Waals surface area contributed by atoms with Gasteiger partial charge in [-0.05, 0) is 24.6 Å². The van der Waals surface area contributed by atoms with Gasteiger partial charge in [0.15, 0.2) is 0 Å². The van der Waals surface area contributed by atoms with E-state index in [0.717, 1.165) is 5.56 Å². The first-order valence-corrected chi connectivity index (χ1v) is 7.56. The first kappa shape index (κ1) is 16.8. The molecule has 0 aliphatic rings. The fourth-order valence-corrected chi connectivity index (χ4v) is 2.51. The summed E-state index contributed by atoms with van der Waals surface area (Å²) >= 11 is 1.42. The highest BCUT2D eigenvalue weighted by molar-refractivity contribution is 7.99. The van der Waals surface area contributed by atoms with Crippen molar-refractivity contribution in [1.82, 2.24) is 0 Å². The minimum Gasteiger partial charge on any atom is -0.497 e. The SMILES string of the molecule is CCOC(=O)C(N)CSCC(O)c1cccc(OC)c1. The number of thioether (sulfide) groups is 1. The Hall–Kier alpha value is -1.24. The molecule has 0 aromatic heterocycles. The molecule has 0 bridgehead atoms. The summed E-state index contributed by atoms with van der Waals surface area (Å²) in [6, 6.07) is 6.61. The Labute approximate surface area is 123 Å². The standard InChI is InChI=1S/C14H21NO4S/c1-3-19-14(17)12(15)8-20-9-13(16)10-5-4-6-11(7-10)18-2/h4-7,12-13,16H,3,8-9,15H2,1-2H3. The van der Waals surface area contributed by atoms with Gasteiger partial charge in [-0.1, -0.05) is 12.1 Å². The molecule has 0 saturated carbocycles. The third-order valence-electron chi connectivity index (χ3n) is 2.64. The normalized spacial score (nSPS) is 13.6. The molecular weight excluding hydrogens is 278 g/mol. The summed E-state index contributed by atoms with van der Waals surface area (Å²) in [5.74, 6) is 1.17. The van der Waals surface area contributed by atoms with Gasteiger partial charge in [0, 0.05) is 11.5 Å². The number of aliphatic hydroxyl groups excluding tert-OH is 1. The van der Waals surface area contributed by atoms with E-state index < -0.39 is 18.1 Å². The molecule has 1 aromatic carbocycles. The molecule has 0 aliphatic heterocycles. The minimum atomic E-state index is -0.655. The highest BCUT2D eigenvalue weighted by Crippen LogP contribution is 2.22. The molecule has 20 heavy (non-hydrogen) atoms. The van der Waals surface area contributed by atoms with Crippen molar-refractivity contribution in [3.05, 3.63) is 29.8 Å². The van der Waals surface area contributed by atoms with Crippen LogP contribution in [0.5, 0.6) is 5.75 Å². The van der Waals surface area contributed by atoms with Crippen molar-refractivity contribution in [1.29, 1.82) is 0 Å². The van der Waals surface area contributed by atoms with Crippen LogP contribution in [-0.2, 0) is 9.53 Å². The van der Waals surface area contributed by atoms with Crippen LogP contribution in [0.4, 0.5) is 0 Å². The molecule has 0 aliphatic carbocycles. The topological polar surface area (TPSA) is 81.8 Å². The van der Waals surface area contributed by atoms with Gasteiger partial charge < -0.3 is 20.3 Å². The van der Waals surface area contributed by atoms with Crippen LogP contribution >= 0.6 is 11.8 Å². The zero-order chi connectivity index (χ0) is 15.0. The smallest absolute Gasteiger partial charge is 0.323 e. The van der Waals surface area contributed by atoms with Gasteiger partial charge in [-0.3, -0.25) is 4.79 Å². The molecule has 3 N–H and O–H groups in total. The van der Waals surface area contributed by atoms with E-state index in [1.165, 1.54) is 11.8 Å². The van der Waals surface area contributed by atoms with Gasteiger partial charge in [-0.2, -0.15) is 11.8 Å². The lowest BCUT2D eigenvalue weighted by molar-refractivity contribution is -0.144. The van der Waals surface area contributed by atoms with E-state index in [-0.39, 0.29) is 0 Å². The second-order valence-corrected chi connectivity index (χ2v) is 5.26. The van der Waals surface area contributed by atoms with E-state index in [1.54, 1.807) is 20.1 Å². The number of ether oxygens (including phenoxy) is 2. The molecule has 0 fully saturated rings. The number of hydrogen-bond acceptors (Lipinski definition) is 6. The Morgan fingerprint density at radius 2 is 2.20 bits per heavy atom. The molecule has 0 amide bonds. The number of methoxy groups -OCH3 is 1. The first-order chi connectivity index (χ1) is 9.58. The number of carbonyl (C=O) groups excluding carboxylic acids is 1. The fraction of sp³-hybridized carbons (Fsp3) is 0.500. The second kappa shape index (κ2) is 8.84. The Morgan fingerprint density at radius 3 is 2.85 bits per heavy atom. The van der Waals surface area contributed by atoms with Crippen molar-refractivity contribution < 1.29 is 19.4 Å². The summed E-state index contributed by atoms with van der Waals surface area (Å²) in [4.78, 5) is 11.3. The van der Waals surface area contributed by atoms with Crippen molar-refractivity contribution in [2.24, 2.45) is 5.73 Å². The van der Waals surface area contributed by atoms with E-state index in [0.29, 0.717) is 23.9 Å². The van der Waals surface area contributed by atoms with Gasteiger partial charge in [-0.15, -0.1) is 0 Å². The number of esters is 1. The third kappa shape index (κ3) is 5.40. The van der Waals surface area contributed by atoms with Crippen LogP contribution in [0, 0.1) is 0 Å². The molecule has 2 unspecified atom stereocenters. The molecule has 2 atom stereocenters. The Kier molecular flexibility index (Phi) is 7.43. The van der Waals surface area contributed by atoms with Crippen molar-refractivity contribution in [3.63, 3.8) is 0 Å². The molecule has 5 nitrogen and oxygen atoms in total. The number of benzene rings is 1. The van der Waals surface area contributed by atoms with Crippen LogP contribution in [0.25, 0.3) is 0 Å². The summed E-state index contributed by atoms with van der Waals surface area (Å²) < 4.78 is 9.93. The second-order valence-electron chi connectivity index (χ2n) is 4.19. The van der Waals surface area contributed by atoms with Crippen molar-refractivity contribution in [2.45, 2.75) is 19.1 Å². The van der Waals surface area contributed by atoms with Gasteiger partial charge >= 0.3 is 5.97 Å². The third-order valence-corrected chi connectivity index (χ3v) is 3.79. The number of aliphatic hydroxyl groups is 1. The monoisotopic (exact) mass is 299 g/mol. The summed E-state index contributed by atoms with van der Waals surface area (Å²) in [6.07, 6.45) is -0.621. The van der Waals surface area contributed by atoms with Crippen LogP contribution in [0.2, 0.25) is 0 Å². The van der Waals surface area contributed by atoms with Crippen LogP contribution in [0.3, 0.4) is 0 Å². The quantitative estimate of drug-likeness (QED) is 0.705.